The molecule has 0 atom stereocenters. The van der Waals surface area contributed by atoms with E-state index in [1.807, 2.05) is 59.2 Å². The smallest absolute Gasteiger partial charge is 0.309 e. The van der Waals surface area contributed by atoms with Gasteiger partial charge < -0.3 is 4.57 Å². The van der Waals surface area contributed by atoms with E-state index in [0.717, 1.165) is 27.9 Å². The van der Waals surface area contributed by atoms with Gasteiger partial charge in [0.05, 0.1) is 45.4 Å². The molecule has 0 aliphatic rings. The van der Waals surface area contributed by atoms with E-state index in [1.165, 1.54) is 12.1 Å². The first kappa shape index (κ1) is 38.4. The summed E-state index contributed by atoms with van der Waals surface area (Å²) in [5, 5.41) is 21.0. The zero-order chi connectivity index (χ0) is 42.5. The number of hydrogen-bond acceptors (Lipinski definition) is 5. The Morgan fingerprint density at radius 3 is 1.69 bits per heavy atom. The van der Waals surface area contributed by atoms with Gasteiger partial charge in [-0.15, -0.1) is 0 Å². The van der Waals surface area contributed by atoms with Crippen molar-refractivity contribution in [3.8, 4) is 74.2 Å². The third kappa shape index (κ3) is 7.10. The van der Waals surface area contributed by atoms with Crippen LogP contribution in [0.4, 0.5) is 26.3 Å². The number of hydrogen-bond donors (Lipinski definition) is 0. The molecule has 0 spiro atoms. The van der Waals surface area contributed by atoms with E-state index >= 15 is 0 Å². The van der Waals surface area contributed by atoms with Gasteiger partial charge in [-0.3, -0.25) is 0 Å². The molecule has 2 aromatic heterocycles. The Bertz CT molecular complexity index is 3190. The molecule has 0 unspecified atom stereocenters. The monoisotopic (exact) mass is 812 g/mol. The van der Waals surface area contributed by atoms with Crippen LogP contribution in [0.1, 0.15) is 22.3 Å². The quantitative estimate of drug-likeness (QED) is 0.156. The summed E-state index contributed by atoms with van der Waals surface area (Å²) in [6, 6.07) is 46.6. The molecule has 0 saturated carbocycles. The van der Waals surface area contributed by atoms with Crippen molar-refractivity contribution in [2.45, 2.75) is 12.4 Å². The lowest BCUT2D eigenvalue weighted by atomic mass is 9.92. The van der Waals surface area contributed by atoms with Crippen molar-refractivity contribution in [1.82, 2.24) is 19.5 Å². The maximum Gasteiger partial charge on any atom is 0.417 e. The summed E-state index contributed by atoms with van der Waals surface area (Å²) in [6.45, 7) is 0. The molecule has 9 aromatic rings. The van der Waals surface area contributed by atoms with Gasteiger partial charge in [-0.25, -0.2) is 15.0 Å². The Labute approximate surface area is 343 Å². The Kier molecular flexibility index (Phi) is 9.41. The molecule has 0 amide bonds. The minimum atomic E-state index is -5.17. The number of fused-ring (bicyclic) bond motifs is 3. The van der Waals surface area contributed by atoms with Crippen molar-refractivity contribution in [2.24, 2.45) is 0 Å². The van der Waals surface area contributed by atoms with E-state index in [0.29, 0.717) is 45.1 Å². The summed E-state index contributed by atoms with van der Waals surface area (Å²) in [7, 11) is 0. The van der Waals surface area contributed by atoms with Crippen molar-refractivity contribution in [3.63, 3.8) is 0 Å². The number of para-hydroxylation sites is 1. The first-order valence-electron chi connectivity index (χ1n) is 18.7. The van der Waals surface area contributed by atoms with E-state index in [4.69, 9.17) is 15.0 Å². The number of benzene rings is 7. The normalized spacial score (nSPS) is 11.7. The Morgan fingerprint density at radius 2 is 1.05 bits per heavy atom. The number of nitrogens with zero attached hydrogens (tertiary/aromatic N) is 6. The topological polar surface area (TPSA) is 91.2 Å². The average molecular weight is 813 g/mol. The highest BCUT2D eigenvalue weighted by atomic mass is 19.4. The number of alkyl halides is 6. The van der Waals surface area contributed by atoms with Gasteiger partial charge >= 0.3 is 12.4 Å². The highest BCUT2D eigenvalue weighted by molar-refractivity contribution is 6.10. The van der Waals surface area contributed by atoms with Gasteiger partial charge in [0, 0.05) is 33.2 Å². The molecule has 0 bridgehead atoms. The van der Waals surface area contributed by atoms with Gasteiger partial charge in [0.2, 0.25) is 0 Å². The highest BCUT2D eigenvalue weighted by Gasteiger charge is 2.39. The molecule has 0 aliphatic heterocycles. The SMILES string of the molecule is N#Cc1ccc(-c2ccc3c(c2)c2ccccc2n3-c2ccc(-c3ccc(C(F)(F)F)cc3C(F)(F)F)c(-c3nc(-c4ccccc4)nc(-c4ccccc4)n3)c2)c(C#N)c1. The van der Waals surface area contributed by atoms with Crippen LogP contribution in [0.15, 0.2) is 158 Å². The molecule has 2 heterocycles. The molecular formula is C49H26F6N6. The Hall–Kier alpha value is -8.09. The summed E-state index contributed by atoms with van der Waals surface area (Å²) < 4.78 is 88.1. The maximum atomic E-state index is 14.9. The van der Waals surface area contributed by atoms with E-state index in [-0.39, 0.29) is 34.7 Å². The summed E-state index contributed by atoms with van der Waals surface area (Å²) >= 11 is 0. The first-order chi connectivity index (χ1) is 29.4. The molecule has 0 saturated heterocycles. The van der Waals surface area contributed by atoms with E-state index in [9.17, 15) is 36.9 Å². The van der Waals surface area contributed by atoms with Crippen LogP contribution in [0.3, 0.4) is 0 Å². The minimum Gasteiger partial charge on any atom is -0.309 e. The van der Waals surface area contributed by atoms with Crippen LogP contribution in [0.25, 0.3) is 83.9 Å². The zero-order valence-corrected chi connectivity index (χ0v) is 31.5. The van der Waals surface area contributed by atoms with E-state index in [1.54, 1.807) is 72.8 Å². The zero-order valence-electron chi connectivity index (χ0n) is 31.5. The molecule has 6 nitrogen and oxygen atoms in total. The van der Waals surface area contributed by atoms with Crippen molar-refractivity contribution in [2.75, 3.05) is 0 Å². The molecular weight excluding hydrogens is 787 g/mol. The molecule has 7 aromatic carbocycles. The number of halogens is 6. The molecule has 0 N–H and O–H groups in total. The Morgan fingerprint density at radius 1 is 0.443 bits per heavy atom. The largest absolute Gasteiger partial charge is 0.417 e. The lowest BCUT2D eigenvalue weighted by Crippen LogP contribution is -2.12. The summed E-state index contributed by atoms with van der Waals surface area (Å²) in [4.78, 5) is 14.4. The van der Waals surface area contributed by atoms with Crippen LogP contribution in [-0.2, 0) is 12.4 Å². The summed E-state index contributed by atoms with van der Waals surface area (Å²) in [5.41, 5.74) is 1.84. The minimum absolute atomic E-state index is 0.00881. The van der Waals surface area contributed by atoms with Crippen LogP contribution in [0.5, 0.6) is 0 Å². The van der Waals surface area contributed by atoms with Gasteiger partial charge in [0.25, 0.3) is 0 Å². The summed E-state index contributed by atoms with van der Waals surface area (Å²) in [5.74, 6) is 0.451. The van der Waals surface area contributed by atoms with Crippen molar-refractivity contribution in [1.29, 1.82) is 10.5 Å². The molecule has 9 rings (SSSR count). The molecule has 0 radical (unpaired) electrons. The second kappa shape index (κ2) is 14.9. The number of aromatic nitrogens is 4. The second-order valence-electron chi connectivity index (χ2n) is 14.1. The van der Waals surface area contributed by atoms with Gasteiger partial charge in [-0.05, 0) is 76.9 Å². The van der Waals surface area contributed by atoms with Crippen LogP contribution in [-0.4, -0.2) is 19.5 Å². The van der Waals surface area contributed by atoms with Crippen LogP contribution >= 0.6 is 0 Å². The fourth-order valence-electron chi connectivity index (χ4n) is 7.59. The second-order valence-corrected chi connectivity index (χ2v) is 14.1. The fraction of sp³-hybridized carbons (Fsp3) is 0.0408. The third-order valence-corrected chi connectivity index (χ3v) is 10.4. The predicted molar refractivity (Wildman–Crippen MR) is 221 cm³/mol. The average Bonchev–Trinajstić information content (AvgIpc) is 3.62. The molecule has 294 valence electrons. The lowest BCUT2D eigenvalue weighted by Gasteiger charge is -2.19. The first-order valence-corrected chi connectivity index (χ1v) is 18.7. The number of nitriles is 2. The number of rotatable bonds is 6. The molecule has 61 heavy (non-hydrogen) atoms. The van der Waals surface area contributed by atoms with Crippen molar-refractivity contribution in [3.05, 3.63) is 180 Å². The van der Waals surface area contributed by atoms with E-state index < -0.39 is 29.0 Å². The van der Waals surface area contributed by atoms with Crippen molar-refractivity contribution < 1.29 is 26.3 Å². The van der Waals surface area contributed by atoms with Gasteiger partial charge in [0.15, 0.2) is 17.5 Å². The Balaban J connectivity index is 1.33. The predicted octanol–water partition coefficient (Wildman–Crippen LogP) is 13.1. The van der Waals surface area contributed by atoms with E-state index in [2.05, 4.69) is 12.1 Å². The van der Waals surface area contributed by atoms with Crippen LogP contribution in [0, 0.1) is 22.7 Å². The molecule has 12 heteroatoms. The standard InChI is InChI=1S/C49H26F6N6/c50-48(51,52)34-17-20-38(42(25-34)49(53,54)55)37-21-18-35(26-41(37)47-59-45(30-9-3-1-4-10-30)58-46(60-47)31-11-5-2-6-12-31)61-43-14-8-7-13-39(43)40-24-32(16-22-44(40)61)36-19-15-29(27-56)23-33(36)28-57/h1-26H. The van der Waals surface area contributed by atoms with Gasteiger partial charge in [-0.2, -0.15) is 36.9 Å². The van der Waals surface area contributed by atoms with Gasteiger partial charge in [0.1, 0.15) is 0 Å². The highest BCUT2D eigenvalue weighted by Crippen LogP contribution is 2.45. The van der Waals surface area contributed by atoms with Crippen LogP contribution in [0.2, 0.25) is 0 Å². The lowest BCUT2D eigenvalue weighted by molar-refractivity contribution is -0.142. The fourth-order valence-corrected chi connectivity index (χ4v) is 7.59. The third-order valence-electron chi connectivity index (χ3n) is 10.4. The molecule has 0 aliphatic carbocycles. The van der Waals surface area contributed by atoms with Crippen molar-refractivity contribution >= 4 is 21.8 Å². The molecule has 0 fully saturated rings. The van der Waals surface area contributed by atoms with Gasteiger partial charge in [-0.1, -0.05) is 103 Å². The summed E-state index contributed by atoms with van der Waals surface area (Å²) in [6.07, 6.45) is -10.2. The maximum absolute atomic E-state index is 14.9. The van der Waals surface area contributed by atoms with Crippen LogP contribution < -0.4 is 0 Å².